The normalized spacial score (nSPS) is 12.6. The van der Waals surface area contributed by atoms with Gasteiger partial charge in [0.15, 0.2) is 5.96 Å². The van der Waals surface area contributed by atoms with Gasteiger partial charge in [0.1, 0.15) is 5.82 Å². The van der Waals surface area contributed by atoms with E-state index in [9.17, 15) is 4.39 Å². The summed E-state index contributed by atoms with van der Waals surface area (Å²) in [5, 5.41) is 4.21. The number of aliphatic imine (C=N–C) groups is 1. The number of hydrogen-bond donors (Lipinski definition) is 2. The lowest BCUT2D eigenvalue weighted by Crippen LogP contribution is -2.34. The van der Waals surface area contributed by atoms with E-state index in [1.54, 1.807) is 18.2 Å². The predicted octanol–water partition coefficient (Wildman–Crippen LogP) is 4.98. The Labute approximate surface area is 187 Å². The fraction of sp³-hybridized carbons (Fsp3) is 0.316. The molecule has 3 N–H and O–H groups in total. The van der Waals surface area contributed by atoms with E-state index in [-0.39, 0.29) is 41.8 Å². The van der Waals surface area contributed by atoms with Crippen molar-refractivity contribution in [3.05, 3.63) is 69.0 Å². The molecule has 0 heterocycles. The molecule has 0 saturated carbocycles. The maximum atomic E-state index is 14.1. The van der Waals surface area contributed by atoms with Crippen molar-refractivity contribution in [2.45, 2.75) is 26.1 Å². The Balaban J connectivity index is 0.00000364. The standard InChI is InChI=1S/C19H23Cl2FN4.HI/c1-12(16-7-6-15(20)9-17(16)21)25-19(23)24-10-13-4-5-14(11-26(2)3)18(22)8-13;/h4-9,12H,10-11H2,1-3H3,(H3,23,24,25);1H. The Morgan fingerprint density at radius 1 is 1.22 bits per heavy atom. The largest absolute Gasteiger partial charge is 0.370 e. The van der Waals surface area contributed by atoms with Crippen molar-refractivity contribution in [3.8, 4) is 0 Å². The molecule has 0 aliphatic rings. The van der Waals surface area contributed by atoms with Crippen LogP contribution in [0.15, 0.2) is 41.4 Å². The number of guanidine groups is 1. The molecule has 8 heteroatoms. The highest BCUT2D eigenvalue weighted by molar-refractivity contribution is 14.0. The van der Waals surface area contributed by atoms with Crippen molar-refractivity contribution in [1.29, 1.82) is 0 Å². The van der Waals surface area contributed by atoms with Gasteiger partial charge in [-0.05, 0) is 50.3 Å². The van der Waals surface area contributed by atoms with Gasteiger partial charge in [-0.1, -0.05) is 41.4 Å². The first kappa shape index (κ1) is 23.9. The maximum absolute atomic E-state index is 14.1. The van der Waals surface area contributed by atoms with Crippen LogP contribution in [0.4, 0.5) is 4.39 Å². The zero-order valence-corrected chi connectivity index (χ0v) is 19.3. The average Bonchev–Trinajstić information content (AvgIpc) is 2.54. The Morgan fingerprint density at radius 2 is 1.93 bits per heavy atom. The molecule has 1 unspecified atom stereocenters. The summed E-state index contributed by atoms with van der Waals surface area (Å²) >= 11 is 12.1. The van der Waals surface area contributed by atoms with E-state index >= 15 is 0 Å². The lowest BCUT2D eigenvalue weighted by atomic mass is 10.1. The molecule has 148 valence electrons. The molecular weight excluding hydrogens is 501 g/mol. The zero-order valence-electron chi connectivity index (χ0n) is 15.5. The lowest BCUT2D eigenvalue weighted by molar-refractivity contribution is 0.392. The summed E-state index contributed by atoms with van der Waals surface area (Å²) in [5.41, 5.74) is 8.22. The molecule has 2 rings (SSSR count). The SMILES string of the molecule is CC(NC(N)=NCc1ccc(CN(C)C)c(F)c1)c1ccc(Cl)cc1Cl.I. The fourth-order valence-electron chi connectivity index (χ4n) is 2.53. The molecule has 0 amide bonds. The Morgan fingerprint density at radius 3 is 2.52 bits per heavy atom. The number of halogens is 4. The highest BCUT2D eigenvalue weighted by atomic mass is 127. The first-order chi connectivity index (χ1) is 12.3. The van der Waals surface area contributed by atoms with Crippen LogP contribution >= 0.6 is 47.2 Å². The van der Waals surface area contributed by atoms with Gasteiger partial charge in [0.2, 0.25) is 0 Å². The van der Waals surface area contributed by atoms with Gasteiger partial charge in [-0.15, -0.1) is 24.0 Å². The molecule has 1 atom stereocenters. The second-order valence-corrected chi connectivity index (χ2v) is 7.24. The van der Waals surface area contributed by atoms with Crippen molar-refractivity contribution in [1.82, 2.24) is 10.2 Å². The van der Waals surface area contributed by atoms with E-state index in [4.69, 9.17) is 28.9 Å². The molecule has 0 bridgehead atoms. The second kappa shape index (κ2) is 11.0. The lowest BCUT2D eigenvalue weighted by Gasteiger charge is -2.16. The van der Waals surface area contributed by atoms with Gasteiger partial charge in [0.25, 0.3) is 0 Å². The Kier molecular flexibility index (Phi) is 9.80. The van der Waals surface area contributed by atoms with Crippen LogP contribution in [0.3, 0.4) is 0 Å². The molecular formula is C19H24Cl2FIN4. The Hall–Kier alpha value is -1.09. The first-order valence-corrected chi connectivity index (χ1v) is 8.95. The molecule has 27 heavy (non-hydrogen) atoms. The molecule has 0 fully saturated rings. The molecule has 0 saturated heterocycles. The van der Waals surface area contributed by atoms with E-state index < -0.39 is 0 Å². The molecule has 0 radical (unpaired) electrons. The van der Waals surface area contributed by atoms with E-state index in [2.05, 4.69) is 10.3 Å². The van der Waals surface area contributed by atoms with Gasteiger partial charge in [0, 0.05) is 22.2 Å². The molecule has 4 nitrogen and oxygen atoms in total. The van der Waals surface area contributed by atoms with E-state index in [1.807, 2.05) is 38.1 Å². The number of benzene rings is 2. The molecule has 2 aromatic rings. The molecule has 0 spiro atoms. The summed E-state index contributed by atoms with van der Waals surface area (Å²) in [6.45, 7) is 2.77. The van der Waals surface area contributed by atoms with Crippen LogP contribution in [0.1, 0.15) is 29.7 Å². The topological polar surface area (TPSA) is 53.6 Å². The van der Waals surface area contributed by atoms with E-state index in [0.717, 1.165) is 11.1 Å². The first-order valence-electron chi connectivity index (χ1n) is 8.19. The smallest absolute Gasteiger partial charge is 0.189 e. The van der Waals surface area contributed by atoms with Crippen LogP contribution in [-0.2, 0) is 13.1 Å². The van der Waals surface area contributed by atoms with Gasteiger partial charge in [-0.2, -0.15) is 0 Å². The average molecular weight is 525 g/mol. The third-order valence-corrected chi connectivity index (χ3v) is 4.39. The van der Waals surface area contributed by atoms with Gasteiger partial charge in [0.05, 0.1) is 12.6 Å². The third kappa shape index (κ3) is 7.44. The third-order valence-electron chi connectivity index (χ3n) is 3.83. The summed E-state index contributed by atoms with van der Waals surface area (Å²) in [5.74, 6) is 0.0283. The van der Waals surface area contributed by atoms with Crippen LogP contribution in [-0.4, -0.2) is 25.0 Å². The minimum Gasteiger partial charge on any atom is -0.370 e. The van der Waals surface area contributed by atoms with E-state index in [1.165, 1.54) is 6.07 Å². The summed E-state index contributed by atoms with van der Waals surface area (Å²) in [7, 11) is 3.80. The number of nitrogens with one attached hydrogen (secondary N) is 1. The van der Waals surface area contributed by atoms with E-state index in [0.29, 0.717) is 28.7 Å². The van der Waals surface area contributed by atoms with Gasteiger partial charge < -0.3 is 16.0 Å². The van der Waals surface area contributed by atoms with Crippen molar-refractivity contribution in [2.24, 2.45) is 10.7 Å². The molecule has 0 aliphatic heterocycles. The summed E-state index contributed by atoms with van der Waals surface area (Å²) in [6.07, 6.45) is 0. The summed E-state index contributed by atoms with van der Waals surface area (Å²) in [6, 6.07) is 10.3. The van der Waals surface area contributed by atoms with Crippen LogP contribution in [0.25, 0.3) is 0 Å². The number of nitrogens with two attached hydrogens (primary N) is 1. The van der Waals surface area contributed by atoms with Crippen LogP contribution in [0, 0.1) is 5.82 Å². The summed E-state index contributed by atoms with van der Waals surface area (Å²) in [4.78, 5) is 6.19. The predicted molar refractivity (Wildman–Crippen MR) is 123 cm³/mol. The van der Waals surface area contributed by atoms with Crippen molar-refractivity contribution >= 4 is 53.1 Å². The highest BCUT2D eigenvalue weighted by Crippen LogP contribution is 2.25. The van der Waals surface area contributed by atoms with Gasteiger partial charge >= 0.3 is 0 Å². The number of hydrogen-bond acceptors (Lipinski definition) is 2. The van der Waals surface area contributed by atoms with Crippen molar-refractivity contribution in [2.75, 3.05) is 14.1 Å². The minimum absolute atomic E-state index is 0. The summed E-state index contributed by atoms with van der Waals surface area (Å²) < 4.78 is 14.1. The number of rotatable bonds is 6. The minimum atomic E-state index is -0.237. The van der Waals surface area contributed by atoms with Gasteiger partial charge in [-0.25, -0.2) is 9.38 Å². The van der Waals surface area contributed by atoms with Crippen LogP contribution in [0.5, 0.6) is 0 Å². The van der Waals surface area contributed by atoms with Crippen molar-refractivity contribution < 1.29 is 4.39 Å². The highest BCUT2D eigenvalue weighted by Gasteiger charge is 2.11. The fourth-order valence-corrected chi connectivity index (χ4v) is 3.10. The molecule has 0 aromatic heterocycles. The van der Waals surface area contributed by atoms with Crippen LogP contribution in [0.2, 0.25) is 10.0 Å². The molecule has 0 aliphatic carbocycles. The quantitative estimate of drug-likeness (QED) is 0.318. The van der Waals surface area contributed by atoms with Crippen LogP contribution < -0.4 is 11.1 Å². The zero-order chi connectivity index (χ0) is 19.3. The molecule has 2 aromatic carbocycles. The van der Waals surface area contributed by atoms with Gasteiger partial charge in [-0.3, -0.25) is 0 Å². The monoisotopic (exact) mass is 524 g/mol. The Bertz CT molecular complexity index is 799. The second-order valence-electron chi connectivity index (χ2n) is 6.40. The van der Waals surface area contributed by atoms with Crippen molar-refractivity contribution in [3.63, 3.8) is 0 Å². The number of nitrogens with zero attached hydrogens (tertiary/aromatic N) is 2. The maximum Gasteiger partial charge on any atom is 0.189 e.